The minimum atomic E-state index is -0.353. The molecule has 0 N–H and O–H groups in total. The Bertz CT molecular complexity index is 459. The molecule has 1 aromatic carbocycles. The van der Waals surface area contributed by atoms with Gasteiger partial charge in [0.1, 0.15) is 6.54 Å². The molecule has 4 nitrogen and oxygen atoms in total. The summed E-state index contributed by atoms with van der Waals surface area (Å²) in [5.41, 5.74) is 2.48. The van der Waals surface area contributed by atoms with Crippen LogP contribution in [0.3, 0.4) is 0 Å². The van der Waals surface area contributed by atoms with E-state index in [-0.39, 0.29) is 24.3 Å². The maximum atomic E-state index is 12.3. The fraction of sp³-hybridized carbons (Fsp3) is 0.467. The van der Waals surface area contributed by atoms with E-state index < -0.39 is 0 Å². The van der Waals surface area contributed by atoms with Gasteiger partial charge in [-0.1, -0.05) is 24.3 Å². The summed E-state index contributed by atoms with van der Waals surface area (Å²) in [6, 6.07) is 8.12. The maximum Gasteiger partial charge on any atom is 0.325 e. The van der Waals surface area contributed by atoms with Crippen LogP contribution in [0.2, 0.25) is 0 Å². The molecule has 0 saturated carbocycles. The van der Waals surface area contributed by atoms with Crippen molar-refractivity contribution < 1.29 is 14.3 Å². The number of amides is 1. The second-order valence-corrected chi connectivity index (χ2v) is 4.87. The summed E-state index contributed by atoms with van der Waals surface area (Å²) in [6.45, 7) is 2.13. The third-order valence-corrected chi connectivity index (χ3v) is 3.45. The van der Waals surface area contributed by atoms with Crippen molar-refractivity contribution in [2.45, 2.75) is 19.8 Å². The van der Waals surface area contributed by atoms with Crippen molar-refractivity contribution in [3.8, 4) is 0 Å². The number of benzene rings is 1. The van der Waals surface area contributed by atoms with Gasteiger partial charge in [-0.2, -0.15) is 0 Å². The molecule has 0 fully saturated rings. The Labute approximate surface area is 113 Å². The van der Waals surface area contributed by atoms with E-state index in [1.54, 1.807) is 14.0 Å². The van der Waals surface area contributed by atoms with Gasteiger partial charge in [0.25, 0.3) is 0 Å². The van der Waals surface area contributed by atoms with Crippen LogP contribution in [0.4, 0.5) is 0 Å². The van der Waals surface area contributed by atoms with E-state index in [2.05, 4.69) is 12.1 Å². The zero-order valence-electron chi connectivity index (χ0n) is 11.4. The standard InChI is InChI=1S/C15H19NO3/c1-3-19-14(17)10-16(2)15(18)13-8-11-6-4-5-7-12(11)9-13/h4-7,13H,3,8-10H2,1-2H3. The van der Waals surface area contributed by atoms with Crippen LogP contribution >= 0.6 is 0 Å². The highest BCUT2D eigenvalue weighted by Crippen LogP contribution is 2.27. The fourth-order valence-electron chi connectivity index (χ4n) is 2.52. The molecule has 102 valence electrons. The van der Waals surface area contributed by atoms with E-state index in [9.17, 15) is 9.59 Å². The number of hydrogen-bond acceptors (Lipinski definition) is 3. The van der Waals surface area contributed by atoms with Crippen LogP contribution in [-0.2, 0) is 27.2 Å². The molecule has 0 heterocycles. The zero-order chi connectivity index (χ0) is 13.8. The van der Waals surface area contributed by atoms with Crippen molar-refractivity contribution in [1.29, 1.82) is 0 Å². The SMILES string of the molecule is CCOC(=O)CN(C)C(=O)C1Cc2ccccc2C1. The van der Waals surface area contributed by atoms with Gasteiger partial charge >= 0.3 is 5.97 Å². The number of nitrogens with zero attached hydrogens (tertiary/aromatic N) is 1. The van der Waals surface area contributed by atoms with E-state index in [1.807, 2.05) is 12.1 Å². The summed E-state index contributed by atoms with van der Waals surface area (Å²) < 4.78 is 4.85. The molecule has 0 atom stereocenters. The highest BCUT2D eigenvalue weighted by atomic mass is 16.5. The van der Waals surface area contributed by atoms with Crippen LogP contribution in [0.25, 0.3) is 0 Å². The number of carbonyl (C=O) groups excluding carboxylic acids is 2. The third kappa shape index (κ3) is 3.13. The summed E-state index contributed by atoms with van der Waals surface area (Å²) in [7, 11) is 1.66. The minimum Gasteiger partial charge on any atom is -0.465 e. The summed E-state index contributed by atoms with van der Waals surface area (Å²) in [4.78, 5) is 25.1. The van der Waals surface area contributed by atoms with Gasteiger partial charge in [-0.25, -0.2) is 0 Å². The number of hydrogen-bond donors (Lipinski definition) is 0. The lowest BCUT2D eigenvalue weighted by Crippen LogP contribution is -2.37. The topological polar surface area (TPSA) is 46.6 Å². The zero-order valence-corrected chi connectivity index (χ0v) is 11.4. The number of rotatable bonds is 4. The summed E-state index contributed by atoms with van der Waals surface area (Å²) in [6.07, 6.45) is 1.53. The lowest BCUT2D eigenvalue weighted by atomic mass is 10.1. The number of fused-ring (bicyclic) bond motifs is 1. The molecular formula is C15H19NO3. The van der Waals surface area contributed by atoms with E-state index in [1.165, 1.54) is 16.0 Å². The van der Waals surface area contributed by atoms with Crippen LogP contribution in [0, 0.1) is 5.92 Å². The van der Waals surface area contributed by atoms with Crippen molar-refractivity contribution in [2.75, 3.05) is 20.2 Å². The van der Waals surface area contributed by atoms with Gasteiger partial charge in [0.15, 0.2) is 0 Å². The normalized spacial score (nSPS) is 14.0. The minimum absolute atomic E-state index is 0.0178. The van der Waals surface area contributed by atoms with Gasteiger partial charge in [0.05, 0.1) is 6.61 Å². The van der Waals surface area contributed by atoms with Crippen molar-refractivity contribution in [1.82, 2.24) is 4.90 Å². The molecule has 0 aromatic heterocycles. The first-order valence-corrected chi connectivity index (χ1v) is 6.59. The van der Waals surface area contributed by atoms with Gasteiger partial charge in [-0.15, -0.1) is 0 Å². The van der Waals surface area contributed by atoms with Crippen molar-refractivity contribution in [3.05, 3.63) is 35.4 Å². The highest BCUT2D eigenvalue weighted by molar-refractivity contribution is 5.84. The monoisotopic (exact) mass is 261 g/mol. The first-order chi connectivity index (χ1) is 9.11. The van der Waals surface area contributed by atoms with Gasteiger partial charge in [-0.3, -0.25) is 9.59 Å². The molecule has 0 unspecified atom stereocenters. The Morgan fingerprint density at radius 3 is 2.37 bits per heavy atom. The molecule has 1 aromatic rings. The van der Waals surface area contributed by atoms with Gasteiger partial charge in [-0.05, 0) is 30.9 Å². The number of esters is 1. The Morgan fingerprint density at radius 2 is 1.84 bits per heavy atom. The quantitative estimate of drug-likeness (QED) is 0.770. The average molecular weight is 261 g/mol. The molecule has 4 heteroatoms. The summed E-state index contributed by atoms with van der Waals surface area (Å²) >= 11 is 0. The largest absolute Gasteiger partial charge is 0.465 e. The Kier molecular flexibility index (Phi) is 4.20. The Balaban J connectivity index is 1.93. The van der Waals surface area contributed by atoms with Crippen LogP contribution in [0.15, 0.2) is 24.3 Å². The van der Waals surface area contributed by atoms with Crippen LogP contribution in [0.5, 0.6) is 0 Å². The molecule has 0 bridgehead atoms. The predicted octanol–water partition coefficient (Wildman–Crippen LogP) is 1.42. The maximum absolute atomic E-state index is 12.3. The number of carbonyl (C=O) groups is 2. The van der Waals surface area contributed by atoms with E-state index in [0.717, 1.165) is 12.8 Å². The molecule has 1 aliphatic rings. The van der Waals surface area contributed by atoms with E-state index in [0.29, 0.717) is 6.61 Å². The fourth-order valence-corrected chi connectivity index (χ4v) is 2.52. The molecule has 19 heavy (non-hydrogen) atoms. The second-order valence-electron chi connectivity index (χ2n) is 4.87. The van der Waals surface area contributed by atoms with Crippen molar-refractivity contribution >= 4 is 11.9 Å². The second kappa shape index (κ2) is 5.87. The molecule has 1 amide bonds. The lowest BCUT2D eigenvalue weighted by Gasteiger charge is -2.19. The molecule has 0 aliphatic heterocycles. The Hall–Kier alpha value is -1.84. The van der Waals surface area contributed by atoms with Crippen molar-refractivity contribution in [2.24, 2.45) is 5.92 Å². The average Bonchev–Trinajstić information content (AvgIpc) is 2.81. The molecular weight excluding hydrogens is 242 g/mol. The van der Waals surface area contributed by atoms with Gasteiger partial charge < -0.3 is 9.64 Å². The smallest absolute Gasteiger partial charge is 0.325 e. The van der Waals surface area contributed by atoms with Crippen LogP contribution in [0.1, 0.15) is 18.1 Å². The summed E-state index contributed by atoms with van der Waals surface area (Å²) in [5, 5.41) is 0. The third-order valence-electron chi connectivity index (χ3n) is 3.45. The highest BCUT2D eigenvalue weighted by Gasteiger charge is 2.29. The Morgan fingerprint density at radius 1 is 1.26 bits per heavy atom. The predicted molar refractivity (Wildman–Crippen MR) is 71.6 cm³/mol. The van der Waals surface area contributed by atoms with E-state index in [4.69, 9.17) is 4.74 Å². The first-order valence-electron chi connectivity index (χ1n) is 6.59. The summed E-state index contributed by atoms with van der Waals surface area (Å²) in [5.74, 6) is -0.380. The first kappa shape index (κ1) is 13.6. The molecule has 2 rings (SSSR count). The van der Waals surface area contributed by atoms with Crippen molar-refractivity contribution in [3.63, 3.8) is 0 Å². The number of ether oxygens (including phenoxy) is 1. The number of likely N-dealkylation sites (N-methyl/N-ethyl adjacent to an activating group) is 1. The van der Waals surface area contributed by atoms with Crippen LogP contribution in [-0.4, -0.2) is 37.0 Å². The molecule has 0 spiro atoms. The molecule has 1 aliphatic carbocycles. The molecule has 0 saturated heterocycles. The van der Waals surface area contributed by atoms with E-state index >= 15 is 0 Å². The molecule has 0 radical (unpaired) electrons. The lowest BCUT2D eigenvalue weighted by molar-refractivity contribution is -0.149. The van der Waals surface area contributed by atoms with Gasteiger partial charge in [0.2, 0.25) is 5.91 Å². The van der Waals surface area contributed by atoms with Gasteiger partial charge in [0, 0.05) is 13.0 Å². The van der Waals surface area contributed by atoms with Crippen LogP contribution < -0.4 is 0 Å².